The monoisotopic (exact) mass is 257 g/mol. The number of nitrogens with zero attached hydrogens (tertiary/aromatic N) is 2. The molecule has 0 bridgehead atoms. The van der Waals surface area contributed by atoms with Crippen molar-refractivity contribution in [1.29, 1.82) is 0 Å². The average Bonchev–Trinajstić information content (AvgIpc) is 2.38. The van der Waals surface area contributed by atoms with Gasteiger partial charge in [0.05, 0.1) is 0 Å². The molecule has 1 rings (SSSR count). The molecule has 0 saturated carbocycles. The molecule has 18 heavy (non-hydrogen) atoms. The van der Waals surface area contributed by atoms with Gasteiger partial charge in [0.2, 0.25) is 0 Å². The Morgan fingerprint density at radius 1 is 1.39 bits per heavy atom. The van der Waals surface area contributed by atoms with E-state index in [0.717, 1.165) is 12.6 Å². The number of oxime groups is 1. The van der Waals surface area contributed by atoms with Gasteiger partial charge in [0.15, 0.2) is 11.6 Å². The van der Waals surface area contributed by atoms with Crippen LogP contribution in [0.25, 0.3) is 0 Å². The number of rotatable bonds is 6. The zero-order valence-electron chi connectivity index (χ0n) is 10.2. The highest BCUT2D eigenvalue weighted by atomic mass is 19.2. The first-order valence-corrected chi connectivity index (χ1v) is 5.69. The van der Waals surface area contributed by atoms with Gasteiger partial charge in [-0.3, -0.25) is 4.90 Å². The van der Waals surface area contributed by atoms with E-state index in [4.69, 9.17) is 10.9 Å². The summed E-state index contributed by atoms with van der Waals surface area (Å²) in [6.45, 7) is 3.77. The second-order valence-corrected chi connectivity index (χ2v) is 3.96. The molecule has 100 valence electrons. The lowest BCUT2D eigenvalue weighted by molar-refractivity contribution is 0.282. The predicted molar refractivity (Wildman–Crippen MR) is 65.3 cm³/mol. The molecule has 3 N–H and O–H groups in total. The van der Waals surface area contributed by atoms with Crippen molar-refractivity contribution in [1.82, 2.24) is 4.90 Å². The smallest absolute Gasteiger partial charge is 0.159 e. The Hall–Kier alpha value is -1.69. The van der Waals surface area contributed by atoms with Crippen LogP contribution in [0.5, 0.6) is 0 Å². The first-order chi connectivity index (χ1) is 8.56. The minimum Gasteiger partial charge on any atom is -0.409 e. The summed E-state index contributed by atoms with van der Waals surface area (Å²) < 4.78 is 25.8. The molecule has 1 aromatic carbocycles. The second-order valence-electron chi connectivity index (χ2n) is 3.96. The van der Waals surface area contributed by atoms with Gasteiger partial charge >= 0.3 is 0 Å². The molecule has 0 aliphatic carbocycles. The highest BCUT2D eigenvalue weighted by molar-refractivity contribution is 5.79. The summed E-state index contributed by atoms with van der Waals surface area (Å²) in [6.07, 6.45) is 0.425. The molecule has 0 heterocycles. The zero-order chi connectivity index (χ0) is 13.5. The minimum atomic E-state index is -0.849. The third-order valence-electron chi connectivity index (χ3n) is 2.65. The van der Waals surface area contributed by atoms with Crippen LogP contribution in [0, 0.1) is 11.6 Å². The third-order valence-corrected chi connectivity index (χ3v) is 2.65. The number of hydrogen-bond acceptors (Lipinski definition) is 3. The number of nitrogens with two attached hydrogens (primary N) is 1. The summed E-state index contributed by atoms with van der Waals surface area (Å²) in [7, 11) is 0. The lowest BCUT2D eigenvalue weighted by Gasteiger charge is -2.20. The van der Waals surface area contributed by atoms with Crippen LogP contribution in [-0.4, -0.2) is 29.0 Å². The van der Waals surface area contributed by atoms with Crippen molar-refractivity contribution in [2.75, 3.05) is 13.1 Å². The fourth-order valence-corrected chi connectivity index (χ4v) is 1.57. The van der Waals surface area contributed by atoms with E-state index in [9.17, 15) is 8.78 Å². The van der Waals surface area contributed by atoms with Crippen LogP contribution in [0.15, 0.2) is 23.4 Å². The summed E-state index contributed by atoms with van der Waals surface area (Å²) >= 11 is 0. The largest absolute Gasteiger partial charge is 0.409 e. The van der Waals surface area contributed by atoms with E-state index in [-0.39, 0.29) is 5.84 Å². The fourth-order valence-electron chi connectivity index (χ4n) is 1.57. The number of amidine groups is 1. The summed E-state index contributed by atoms with van der Waals surface area (Å²) in [4.78, 5) is 1.99. The second kappa shape index (κ2) is 6.90. The SMILES string of the molecule is CCN(CC/C(N)=N/O)Cc1ccc(F)c(F)c1. The van der Waals surface area contributed by atoms with Crippen molar-refractivity contribution in [2.45, 2.75) is 19.9 Å². The van der Waals surface area contributed by atoms with Crippen LogP contribution >= 0.6 is 0 Å². The highest BCUT2D eigenvalue weighted by Crippen LogP contribution is 2.11. The van der Waals surface area contributed by atoms with Crippen molar-refractivity contribution in [3.05, 3.63) is 35.4 Å². The quantitative estimate of drug-likeness (QED) is 0.354. The van der Waals surface area contributed by atoms with E-state index in [1.165, 1.54) is 6.07 Å². The van der Waals surface area contributed by atoms with Crippen molar-refractivity contribution in [2.24, 2.45) is 10.9 Å². The summed E-state index contributed by atoms with van der Waals surface area (Å²) in [5, 5.41) is 11.3. The van der Waals surface area contributed by atoms with Gasteiger partial charge in [-0.05, 0) is 24.2 Å². The van der Waals surface area contributed by atoms with Gasteiger partial charge in [-0.1, -0.05) is 18.1 Å². The van der Waals surface area contributed by atoms with Crippen molar-refractivity contribution < 1.29 is 14.0 Å². The third kappa shape index (κ3) is 4.29. The topological polar surface area (TPSA) is 61.8 Å². The Kier molecular flexibility index (Phi) is 5.51. The lowest BCUT2D eigenvalue weighted by atomic mass is 10.2. The van der Waals surface area contributed by atoms with Gasteiger partial charge in [0.1, 0.15) is 5.84 Å². The van der Waals surface area contributed by atoms with E-state index >= 15 is 0 Å². The van der Waals surface area contributed by atoms with Crippen LogP contribution in [-0.2, 0) is 6.54 Å². The molecule has 0 atom stereocenters. The van der Waals surface area contributed by atoms with Crippen molar-refractivity contribution in [3.8, 4) is 0 Å². The molecule has 0 amide bonds. The molecular weight excluding hydrogens is 240 g/mol. The Bertz CT molecular complexity index is 424. The number of hydrogen-bond donors (Lipinski definition) is 2. The van der Waals surface area contributed by atoms with Crippen molar-refractivity contribution >= 4 is 5.84 Å². The minimum absolute atomic E-state index is 0.152. The van der Waals surface area contributed by atoms with Crippen molar-refractivity contribution in [3.63, 3.8) is 0 Å². The first-order valence-electron chi connectivity index (χ1n) is 5.69. The number of halogens is 2. The molecule has 4 nitrogen and oxygen atoms in total. The number of benzene rings is 1. The van der Waals surface area contributed by atoms with Crippen LogP contribution < -0.4 is 5.73 Å². The molecule has 0 spiro atoms. The summed E-state index contributed by atoms with van der Waals surface area (Å²) in [5.41, 5.74) is 6.07. The molecule has 0 saturated heterocycles. The van der Waals surface area contributed by atoms with E-state index in [1.54, 1.807) is 6.07 Å². The van der Waals surface area contributed by atoms with E-state index in [1.807, 2.05) is 11.8 Å². The Morgan fingerprint density at radius 2 is 2.11 bits per heavy atom. The molecule has 0 fully saturated rings. The lowest BCUT2D eigenvalue weighted by Crippen LogP contribution is -2.27. The molecule has 1 aromatic rings. The van der Waals surface area contributed by atoms with Crippen LogP contribution in [0.1, 0.15) is 18.9 Å². The van der Waals surface area contributed by atoms with E-state index < -0.39 is 11.6 Å². The normalized spacial score (nSPS) is 12.1. The standard InChI is InChI=1S/C12H17F2N3O/c1-2-17(6-5-12(15)16-18)8-9-3-4-10(13)11(14)7-9/h3-4,7,18H,2,5-6,8H2,1H3,(H2,15,16). The molecule has 6 heteroatoms. The highest BCUT2D eigenvalue weighted by Gasteiger charge is 2.07. The maximum atomic E-state index is 13.0. The first kappa shape index (κ1) is 14.4. The van der Waals surface area contributed by atoms with Crippen LogP contribution in [0.4, 0.5) is 8.78 Å². The zero-order valence-corrected chi connectivity index (χ0v) is 10.2. The van der Waals surface area contributed by atoms with Gasteiger partial charge in [-0.2, -0.15) is 0 Å². The molecule has 0 radical (unpaired) electrons. The molecule has 0 aromatic heterocycles. The average molecular weight is 257 g/mol. The van der Waals surface area contributed by atoms with Gasteiger partial charge in [0.25, 0.3) is 0 Å². The maximum Gasteiger partial charge on any atom is 0.159 e. The van der Waals surface area contributed by atoms with E-state index in [0.29, 0.717) is 25.1 Å². The van der Waals surface area contributed by atoms with Crippen LogP contribution in [0.2, 0.25) is 0 Å². The molecule has 0 aliphatic heterocycles. The molecule has 0 aliphatic rings. The summed E-state index contributed by atoms with van der Waals surface area (Å²) in [6, 6.07) is 3.84. The maximum absolute atomic E-state index is 13.0. The Morgan fingerprint density at radius 3 is 2.67 bits per heavy atom. The van der Waals surface area contributed by atoms with Gasteiger partial charge < -0.3 is 10.9 Å². The summed E-state index contributed by atoms with van der Waals surface area (Å²) in [5.74, 6) is -1.54. The van der Waals surface area contributed by atoms with Gasteiger partial charge in [-0.25, -0.2) is 8.78 Å². The van der Waals surface area contributed by atoms with Gasteiger partial charge in [-0.15, -0.1) is 0 Å². The van der Waals surface area contributed by atoms with Crippen LogP contribution in [0.3, 0.4) is 0 Å². The molecular formula is C12H17F2N3O. The van der Waals surface area contributed by atoms with E-state index in [2.05, 4.69) is 5.16 Å². The predicted octanol–water partition coefficient (Wildman–Crippen LogP) is 1.92. The fraction of sp³-hybridized carbons (Fsp3) is 0.417. The Labute approximate surface area is 105 Å². The van der Waals surface area contributed by atoms with Gasteiger partial charge in [0, 0.05) is 19.5 Å². The molecule has 0 unspecified atom stereocenters. The Balaban J connectivity index is 2.59.